The van der Waals surface area contributed by atoms with Crippen LogP contribution in [0.3, 0.4) is 0 Å². The van der Waals surface area contributed by atoms with Gasteiger partial charge in [-0.3, -0.25) is 10.1 Å². The molecule has 0 bridgehead atoms. The third-order valence-electron chi connectivity index (χ3n) is 3.09. The van der Waals surface area contributed by atoms with Crippen molar-refractivity contribution in [3.8, 4) is 0 Å². The summed E-state index contributed by atoms with van der Waals surface area (Å²) in [5, 5.41) is 2.33. The van der Waals surface area contributed by atoms with E-state index in [2.05, 4.69) is 26.2 Å². The molecule has 100 valence electrons. The zero-order valence-electron chi connectivity index (χ0n) is 9.90. The van der Waals surface area contributed by atoms with E-state index in [9.17, 15) is 9.59 Å². The summed E-state index contributed by atoms with van der Waals surface area (Å²) in [4.78, 5) is 31.0. The fourth-order valence-corrected chi connectivity index (χ4v) is 2.90. The molecule has 3 amide bonds. The molecular weight excluding hydrogens is 323 g/mol. The third kappa shape index (κ3) is 2.33. The summed E-state index contributed by atoms with van der Waals surface area (Å²) in [6.07, 6.45) is 1.31. The van der Waals surface area contributed by atoms with Crippen LogP contribution in [-0.4, -0.2) is 58.2 Å². The Bertz CT molecular complexity index is 403. The van der Waals surface area contributed by atoms with Crippen LogP contribution in [0.1, 0.15) is 12.8 Å². The number of amides is 3. The van der Waals surface area contributed by atoms with Gasteiger partial charge >= 0.3 is 6.03 Å². The molecule has 0 aromatic rings. The molecule has 8 heteroatoms. The highest BCUT2D eigenvalue weighted by molar-refractivity contribution is 9.18. The number of hydrogen-bond acceptors (Lipinski definition) is 4. The maximum absolute atomic E-state index is 11.9. The predicted molar refractivity (Wildman–Crippen MR) is 71.9 cm³/mol. The van der Waals surface area contributed by atoms with Crippen LogP contribution in [0.5, 0.6) is 0 Å². The van der Waals surface area contributed by atoms with Crippen LogP contribution < -0.4 is 5.32 Å². The number of urea groups is 1. The summed E-state index contributed by atoms with van der Waals surface area (Å²) >= 11 is 8.99. The van der Waals surface area contributed by atoms with Gasteiger partial charge in [0.25, 0.3) is 5.91 Å². The molecule has 1 fully saturated rings. The Morgan fingerprint density at radius 3 is 2.83 bits per heavy atom. The van der Waals surface area contributed by atoms with E-state index in [-0.39, 0.29) is 5.91 Å². The largest absolute Gasteiger partial charge is 0.335 e. The number of alkyl halides is 1. The van der Waals surface area contributed by atoms with Crippen LogP contribution in [0, 0.1) is 0 Å². The maximum Gasteiger partial charge on any atom is 0.325 e. The molecule has 0 aliphatic carbocycles. The van der Waals surface area contributed by atoms with E-state index in [1.165, 1.54) is 4.90 Å². The number of nitrogens with one attached hydrogen (secondary N) is 1. The van der Waals surface area contributed by atoms with E-state index < -0.39 is 18.2 Å². The highest BCUT2D eigenvalue weighted by Gasteiger charge is 2.47. The standard InChI is InChI=1S/C10H14BrClN4O2/c1-15-7-6(8(17)14-10(15)18)16(9(11)13-7)5-3-2-4-12/h6-7H,2-5H2,1H3,(H,14,17,18). The van der Waals surface area contributed by atoms with E-state index in [1.807, 2.05) is 4.90 Å². The van der Waals surface area contributed by atoms with Gasteiger partial charge in [-0.1, -0.05) is 0 Å². The summed E-state index contributed by atoms with van der Waals surface area (Å²) < 4.78 is 0.615. The number of likely N-dealkylation sites (N-methyl/N-ethyl adjacent to an activating group) is 1. The average Bonchev–Trinajstić information content (AvgIpc) is 2.65. The van der Waals surface area contributed by atoms with Gasteiger partial charge in [0, 0.05) is 19.5 Å². The lowest BCUT2D eigenvalue weighted by molar-refractivity contribution is -0.127. The van der Waals surface area contributed by atoms with E-state index in [1.54, 1.807) is 7.05 Å². The fourth-order valence-electron chi connectivity index (χ4n) is 2.10. The van der Waals surface area contributed by atoms with Crippen LogP contribution in [0.2, 0.25) is 0 Å². The molecule has 1 saturated heterocycles. The number of carbonyl (C=O) groups excluding carboxylic acids is 2. The molecule has 2 unspecified atom stereocenters. The maximum atomic E-state index is 11.9. The number of imide groups is 1. The predicted octanol–water partition coefficient (Wildman–Crippen LogP) is 0.948. The molecule has 0 radical (unpaired) electrons. The molecule has 2 aliphatic heterocycles. The van der Waals surface area contributed by atoms with Crippen molar-refractivity contribution in [1.82, 2.24) is 15.1 Å². The highest BCUT2D eigenvalue weighted by atomic mass is 79.9. The second-order valence-electron chi connectivity index (χ2n) is 4.25. The second kappa shape index (κ2) is 5.44. The number of amidine groups is 1. The molecular formula is C10H14BrClN4O2. The Morgan fingerprint density at radius 2 is 2.17 bits per heavy atom. The van der Waals surface area contributed by atoms with E-state index in [4.69, 9.17) is 11.6 Å². The van der Waals surface area contributed by atoms with Gasteiger partial charge in [-0.2, -0.15) is 0 Å². The van der Waals surface area contributed by atoms with Crippen LogP contribution in [0.15, 0.2) is 4.99 Å². The lowest BCUT2D eigenvalue weighted by Crippen LogP contribution is -2.63. The fraction of sp³-hybridized carbons (Fsp3) is 0.700. The minimum atomic E-state index is -0.448. The van der Waals surface area contributed by atoms with Crippen molar-refractivity contribution in [2.45, 2.75) is 25.0 Å². The lowest BCUT2D eigenvalue weighted by atomic mass is 10.1. The SMILES string of the molecule is CN1C(=O)NC(=O)C2C1N=C(Br)N2CCCCCl. The van der Waals surface area contributed by atoms with Crippen molar-refractivity contribution in [2.75, 3.05) is 19.5 Å². The summed E-state index contributed by atoms with van der Waals surface area (Å²) in [5.74, 6) is 0.300. The zero-order valence-corrected chi connectivity index (χ0v) is 12.2. The number of carbonyl (C=O) groups is 2. The summed E-state index contributed by atoms with van der Waals surface area (Å²) in [5.41, 5.74) is 0. The third-order valence-corrected chi connectivity index (χ3v) is 4.02. The number of hydrogen-bond donors (Lipinski definition) is 1. The highest BCUT2D eigenvalue weighted by Crippen LogP contribution is 2.26. The van der Waals surface area contributed by atoms with Crippen molar-refractivity contribution in [3.05, 3.63) is 0 Å². The quantitative estimate of drug-likeness (QED) is 0.472. The first-order valence-electron chi connectivity index (χ1n) is 5.70. The molecule has 0 aromatic carbocycles. The molecule has 18 heavy (non-hydrogen) atoms. The number of rotatable bonds is 4. The number of unbranched alkanes of at least 4 members (excludes halogenated alkanes) is 1. The molecule has 2 rings (SSSR count). The van der Waals surface area contributed by atoms with Crippen molar-refractivity contribution >= 4 is 44.2 Å². The Kier molecular flexibility index (Phi) is 4.11. The molecule has 2 aliphatic rings. The first kappa shape index (κ1) is 13.6. The number of aliphatic imine (C=N–C) groups is 1. The Morgan fingerprint density at radius 1 is 1.44 bits per heavy atom. The van der Waals surface area contributed by atoms with Crippen LogP contribution in [0.25, 0.3) is 0 Å². The van der Waals surface area contributed by atoms with Gasteiger partial charge < -0.3 is 9.80 Å². The van der Waals surface area contributed by atoms with Gasteiger partial charge in [0.15, 0.2) is 17.0 Å². The van der Waals surface area contributed by atoms with Gasteiger partial charge in [-0.25, -0.2) is 9.79 Å². The monoisotopic (exact) mass is 336 g/mol. The Labute approximate surface area is 118 Å². The van der Waals surface area contributed by atoms with Gasteiger partial charge in [0.2, 0.25) is 0 Å². The van der Waals surface area contributed by atoms with Gasteiger partial charge in [0.1, 0.15) is 0 Å². The van der Waals surface area contributed by atoms with Crippen LogP contribution in [0.4, 0.5) is 4.79 Å². The minimum Gasteiger partial charge on any atom is -0.335 e. The average molecular weight is 338 g/mol. The molecule has 1 N–H and O–H groups in total. The van der Waals surface area contributed by atoms with Crippen molar-refractivity contribution < 1.29 is 9.59 Å². The second-order valence-corrected chi connectivity index (χ2v) is 5.34. The molecule has 0 spiro atoms. The van der Waals surface area contributed by atoms with E-state index >= 15 is 0 Å². The first-order chi connectivity index (χ1) is 8.56. The number of fused-ring (bicyclic) bond motifs is 1. The van der Waals surface area contributed by atoms with Crippen molar-refractivity contribution in [2.24, 2.45) is 4.99 Å². The minimum absolute atomic E-state index is 0.299. The van der Waals surface area contributed by atoms with Crippen LogP contribution in [-0.2, 0) is 4.79 Å². The number of halogens is 2. The van der Waals surface area contributed by atoms with Gasteiger partial charge in [0.05, 0.1) is 0 Å². The van der Waals surface area contributed by atoms with Gasteiger partial charge in [-0.05, 0) is 28.8 Å². The lowest BCUT2D eigenvalue weighted by Gasteiger charge is -2.35. The van der Waals surface area contributed by atoms with Crippen molar-refractivity contribution in [1.29, 1.82) is 0 Å². The van der Waals surface area contributed by atoms with E-state index in [0.29, 0.717) is 17.2 Å². The zero-order chi connectivity index (χ0) is 13.3. The van der Waals surface area contributed by atoms with Crippen molar-refractivity contribution in [3.63, 3.8) is 0 Å². The summed E-state index contributed by atoms with van der Waals surface area (Å²) in [6.45, 7) is 0.688. The molecule has 0 saturated carbocycles. The summed E-state index contributed by atoms with van der Waals surface area (Å²) in [6, 6.07) is -0.856. The molecule has 2 heterocycles. The Balaban J connectivity index is 2.12. The first-order valence-corrected chi connectivity index (χ1v) is 7.02. The smallest absolute Gasteiger partial charge is 0.325 e. The van der Waals surface area contributed by atoms with Gasteiger partial charge in [-0.15, -0.1) is 11.6 Å². The molecule has 2 atom stereocenters. The van der Waals surface area contributed by atoms with Crippen LogP contribution >= 0.6 is 27.5 Å². The normalized spacial score (nSPS) is 27.2. The molecule has 6 nitrogen and oxygen atoms in total. The molecule has 0 aromatic heterocycles. The Hall–Kier alpha value is -0.820. The van der Waals surface area contributed by atoms with E-state index in [0.717, 1.165) is 12.8 Å². The summed E-state index contributed by atoms with van der Waals surface area (Å²) in [7, 11) is 1.63. The topological polar surface area (TPSA) is 65.0 Å². The number of nitrogens with zero attached hydrogens (tertiary/aromatic N) is 3.